The number of pyridine rings is 1. The number of aliphatic hydroxyl groups is 1. The number of nitrogens with zero attached hydrogens (tertiary/aromatic N) is 1. The standard InChI is InChI=1S/C14H19NO/c16-11-13-4-7-14(8-5-13,9-6-13)12-3-1-2-10-15-12/h1-3,10,16H,4-9,11H2. The summed E-state index contributed by atoms with van der Waals surface area (Å²) < 4.78 is 0. The molecule has 86 valence electrons. The van der Waals surface area contributed by atoms with Crippen LogP contribution in [0.2, 0.25) is 0 Å². The van der Waals surface area contributed by atoms with Gasteiger partial charge in [-0.1, -0.05) is 6.07 Å². The Morgan fingerprint density at radius 2 is 1.75 bits per heavy atom. The minimum absolute atomic E-state index is 0.260. The van der Waals surface area contributed by atoms with Crippen LogP contribution < -0.4 is 0 Å². The van der Waals surface area contributed by atoms with E-state index in [-0.39, 0.29) is 5.41 Å². The maximum absolute atomic E-state index is 9.51. The highest BCUT2D eigenvalue weighted by atomic mass is 16.3. The van der Waals surface area contributed by atoms with E-state index in [1.807, 2.05) is 12.3 Å². The molecule has 1 heterocycles. The summed E-state index contributed by atoms with van der Waals surface area (Å²) in [4.78, 5) is 4.56. The molecule has 16 heavy (non-hydrogen) atoms. The van der Waals surface area contributed by atoms with Gasteiger partial charge in [0.2, 0.25) is 0 Å². The maximum Gasteiger partial charge on any atom is 0.0487 e. The lowest BCUT2D eigenvalue weighted by Gasteiger charge is -2.52. The van der Waals surface area contributed by atoms with Crippen molar-refractivity contribution in [3.8, 4) is 0 Å². The van der Waals surface area contributed by atoms with Gasteiger partial charge in [-0.15, -0.1) is 0 Å². The number of hydrogen-bond acceptors (Lipinski definition) is 2. The van der Waals surface area contributed by atoms with Crippen molar-refractivity contribution in [3.05, 3.63) is 30.1 Å². The zero-order chi connectivity index (χ0) is 11.1. The molecular formula is C14H19NO. The molecule has 0 saturated heterocycles. The van der Waals surface area contributed by atoms with Gasteiger partial charge in [-0.3, -0.25) is 4.98 Å². The van der Waals surface area contributed by atoms with Crippen molar-refractivity contribution in [2.24, 2.45) is 5.41 Å². The van der Waals surface area contributed by atoms with Crippen molar-refractivity contribution in [1.82, 2.24) is 4.98 Å². The van der Waals surface area contributed by atoms with Crippen LogP contribution in [-0.2, 0) is 5.41 Å². The number of hydrogen-bond donors (Lipinski definition) is 1. The van der Waals surface area contributed by atoms with Crippen LogP contribution in [-0.4, -0.2) is 16.7 Å². The summed E-state index contributed by atoms with van der Waals surface area (Å²) in [6, 6.07) is 6.26. The van der Waals surface area contributed by atoms with Crippen molar-refractivity contribution in [2.45, 2.75) is 43.9 Å². The predicted octanol–water partition coefficient (Wildman–Crippen LogP) is 2.67. The molecule has 1 N–H and O–H groups in total. The third-order valence-corrected chi connectivity index (χ3v) is 4.95. The average Bonchev–Trinajstić information content (AvgIpc) is 2.42. The Morgan fingerprint density at radius 3 is 2.25 bits per heavy atom. The maximum atomic E-state index is 9.51. The number of fused-ring (bicyclic) bond motifs is 3. The molecule has 1 aromatic heterocycles. The highest BCUT2D eigenvalue weighted by Crippen LogP contribution is 2.56. The van der Waals surface area contributed by atoms with Crippen molar-refractivity contribution in [2.75, 3.05) is 6.61 Å². The van der Waals surface area contributed by atoms with Gasteiger partial charge in [0.25, 0.3) is 0 Å². The van der Waals surface area contributed by atoms with Gasteiger partial charge in [0.05, 0.1) is 0 Å². The van der Waals surface area contributed by atoms with Gasteiger partial charge in [-0.05, 0) is 56.1 Å². The van der Waals surface area contributed by atoms with E-state index in [4.69, 9.17) is 0 Å². The van der Waals surface area contributed by atoms with Crippen LogP contribution in [0.4, 0.5) is 0 Å². The monoisotopic (exact) mass is 217 g/mol. The van der Waals surface area contributed by atoms with Crippen LogP contribution in [0.3, 0.4) is 0 Å². The summed E-state index contributed by atoms with van der Waals surface area (Å²) >= 11 is 0. The summed E-state index contributed by atoms with van der Waals surface area (Å²) in [5, 5.41) is 9.51. The minimum Gasteiger partial charge on any atom is -0.396 e. The fourth-order valence-electron chi connectivity index (χ4n) is 3.56. The number of rotatable bonds is 2. The molecular weight excluding hydrogens is 198 g/mol. The summed E-state index contributed by atoms with van der Waals surface area (Å²) in [7, 11) is 0. The molecule has 3 fully saturated rings. The average molecular weight is 217 g/mol. The Balaban J connectivity index is 1.89. The lowest BCUT2D eigenvalue weighted by Crippen LogP contribution is -2.46. The minimum atomic E-state index is 0.260. The smallest absolute Gasteiger partial charge is 0.0487 e. The molecule has 3 aliphatic rings. The first-order chi connectivity index (χ1) is 7.79. The van der Waals surface area contributed by atoms with E-state index in [0.29, 0.717) is 12.0 Å². The molecule has 0 atom stereocenters. The molecule has 3 saturated carbocycles. The van der Waals surface area contributed by atoms with E-state index in [2.05, 4.69) is 17.1 Å². The molecule has 0 unspecified atom stereocenters. The van der Waals surface area contributed by atoms with Crippen LogP contribution in [0.5, 0.6) is 0 Å². The van der Waals surface area contributed by atoms with Gasteiger partial charge >= 0.3 is 0 Å². The van der Waals surface area contributed by atoms with E-state index in [1.165, 1.54) is 44.2 Å². The third-order valence-electron chi connectivity index (χ3n) is 4.95. The molecule has 0 amide bonds. The van der Waals surface area contributed by atoms with Crippen molar-refractivity contribution < 1.29 is 5.11 Å². The first kappa shape index (κ1) is 10.3. The quantitative estimate of drug-likeness (QED) is 0.826. The fourth-order valence-corrected chi connectivity index (χ4v) is 3.56. The lowest BCUT2D eigenvalue weighted by atomic mass is 9.53. The van der Waals surface area contributed by atoms with Crippen LogP contribution in [0.1, 0.15) is 44.2 Å². The highest BCUT2D eigenvalue weighted by Gasteiger charge is 2.49. The summed E-state index contributed by atoms with van der Waals surface area (Å²) in [5.74, 6) is 0. The first-order valence-corrected chi connectivity index (χ1v) is 6.31. The second-order valence-corrected chi connectivity index (χ2v) is 5.65. The summed E-state index contributed by atoms with van der Waals surface area (Å²) in [5.41, 5.74) is 1.87. The Hall–Kier alpha value is -0.890. The Labute approximate surface area is 96.7 Å². The predicted molar refractivity (Wildman–Crippen MR) is 63.1 cm³/mol. The largest absolute Gasteiger partial charge is 0.396 e. The van der Waals surface area contributed by atoms with Crippen LogP contribution >= 0.6 is 0 Å². The summed E-state index contributed by atoms with van der Waals surface area (Å²) in [6.45, 7) is 0.380. The van der Waals surface area contributed by atoms with Gasteiger partial charge in [0.1, 0.15) is 0 Å². The molecule has 1 aromatic rings. The van der Waals surface area contributed by atoms with Gasteiger partial charge in [0.15, 0.2) is 0 Å². The van der Waals surface area contributed by atoms with Gasteiger partial charge in [-0.25, -0.2) is 0 Å². The van der Waals surface area contributed by atoms with E-state index < -0.39 is 0 Å². The van der Waals surface area contributed by atoms with Crippen LogP contribution in [0.15, 0.2) is 24.4 Å². The normalized spacial score (nSPS) is 37.6. The Bertz CT molecular complexity index is 349. The van der Waals surface area contributed by atoms with Gasteiger partial charge in [0, 0.05) is 23.9 Å². The lowest BCUT2D eigenvalue weighted by molar-refractivity contribution is -0.00827. The van der Waals surface area contributed by atoms with E-state index in [9.17, 15) is 5.11 Å². The summed E-state index contributed by atoms with van der Waals surface area (Å²) in [6.07, 6.45) is 9.09. The number of aromatic nitrogens is 1. The zero-order valence-corrected chi connectivity index (χ0v) is 9.65. The van der Waals surface area contributed by atoms with Crippen molar-refractivity contribution in [3.63, 3.8) is 0 Å². The van der Waals surface area contributed by atoms with Crippen molar-refractivity contribution in [1.29, 1.82) is 0 Å². The second kappa shape index (κ2) is 3.56. The molecule has 4 rings (SSSR count). The Morgan fingerprint density at radius 1 is 1.06 bits per heavy atom. The van der Waals surface area contributed by atoms with E-state index in [0.717, 1.165) is 0 Å². The first-order valence-electron chi connectivity index (χ1n) is 6.31. The molecule has 0 aromatic carbocycles. The fraction of sp³-hybridized carbons (Fsp3) is 0.643. The van der Waals surface area contributed by atoms with Gasteiger partial charge in [-0.2, -0.15) is 0 Å². The topological polar surface area (TPSA) is 33.1 Å². The zero-order valence-electron chi connectivity index (χ0n) is 9.65. The molecule has 2 heteroatoms. The van der Waals surface area contributed by atoms with Crippen LogP contribution in [0, 0.1) is 5.41 Å². The molecule has 0 aliphatic heterocycles. The molecule has 3 aliphatic carbocycles. The highest BCUT2D eigenvalue weighted by molar-refractivity contribution is 5.21. The molecule has 0 spiro atoms. The van der Waals surface area contributed by atoms with Crippen LogP contribution in [0.25, 0.3) is 0 Å². The molecule has 2 bridgehead atoms. The second-order valence-electron chi connectivity index (χ2n) is 5.65. The Kier molecular flexibility index (Phi) is 2.28. The van der Waals surface area contributed by atoms with E-state index in [1.54, 1.807) is 0 Å². The third kappa shape index (κ3) is 1.40. The van der Waals surface area contributed by atoms with Gasteiger partial charge < -0.3 is 5.11 Å². The molecule has 2 nitrogen and oxygen atoms in total. The van der Waals surface area contributed by atoms with E-state index >= 15 is 0 Å². The van der Waals surface area contributed by atoms with Crippen molar-refractivity contribution >= 4 is 0 Å². The SMILES string of the molecule is OCC12CCC(c3ccccn3)(CC1)CC2. The number of aliphatic hydroxyl groups excluding tert-OH is 1. The molecule has 0 radical (unpaired) electrons.